The van der Waals surface area contributed by atoms with E-state index in [0.29, 0.717) is 0 Å². The van der Waals surface area contributed by atoms with Crippen molar-refractivity contribution in [3.05, 3.63) is 0 Å². The van der Waals surface area contributed by atoms with E-state index in [4.69, 9.17) is 4.74 Å². The minimum atomic E-state index is 0.897. The van der Waals surface area contributed by atoms with Gasteiger partial charge in [-0.1, -0.05) is 6.92 Å². The quantitative estimate of drug-likeness (QED) is 0.562. The van der Waals surface area contributed by atoms with Crippen molar-refractivity contribution in [2.75, 3.05) is 26.3 Å². The second kappa shape index (κ2) is 3.11. The lowest BCUT2D eigenvalue weighted by molar-refractivity contribution is -0.0143. The molecule has 0 radical (unpaired) electrons. The van der Waals surface area contributed by atoms with Gasteiger partial charge in [0.15, 0.2) is 0 Å². The van der Waals surface area contributed by atoms with Gasteiger partial charge in [-0.2, -0.15) is 0 Å². The van der Waals surface area contributed by atoms with E-state index in [-0.39, 0.29) is 0 Å². The van der Waals surface area contributed by atoms with Crippen molar-refractivity contribution in [3.8, 4) is 0 Å². The van der Waals surface area contributed by atoms with Gasteiger partial charge in [0, 0.05) is 19.1 Å². The zero-order valence-electron chi connectivity index (χ0n) is 7.25. The Balaban J connectivity index is 1.76. The number of hydrogen-bond donors (Lipinski definition) is 0. The highest BCUT2D eigenvalue weighted by Gasteiger charge is 2.31. The zero-order valence-corrected chi connectivity index (χ0v) is 7.25. The Hall–Kier alpha value is -0.0800. The molecular formula is C9H17NO. The molecule has 11 heavy (non-hydrogen) atoms. The Morgan fingerprint density at radius 2 is 1.82 bits per heavy atom. The van der Waals surface area contributed by atoms with Crippen LogP contribution in [0.2, 0.25) is 0 Å². The Labute approximate surface area is 68.5 Å². The van der Waals surface area contributed by atoms with Gasteiger partial charge in [0.25, 0.3) is 0 Å². The Morgan fingerprint density at radius 1 is 1.18 bits per heavy atom. The highest BCUT2D eigenvalue weighted by Crippen LogP contribution is 2.31. The molecule has 0 aromatic carbocycles. The molecule has 1 aliphatic heterocycles. The Morgan fingerprint density at radius 3 is 2.36 bits per heavy atom. The third-order valence-electron chi connectivity index (χ3n) is 2.91. The molecule has 2 fully saturated rings. The normalized spacial score (nSPS) is 40.1. The molecule has 1 saturated heterocycles. The number of hydrogen-bond acceptors (Lipinski definition) is 2. The molecule has 1 heterocycles. The third kappa shape index (κ3) is 1.57. The van der Waals surface area contributed by atoms with Crippen LogP contribution in [0.15, 0.2) is 0 Å². The molecule has 0 unspecified atom stereocenters. The van der Waals surface area contributed by atoms with Crippen LogP contribution < -0.4 is 0 Å². The number of ether oxygens (including phenoxy) is 1. The van der Waals surface area contributed by atoms with E-state index < -0.39 is 0 Å². The predicted molar refractivity (Wildman–Crippen MR) is 44.6 cm³/mol. The molecule has 2 aliphatic rings. The summed E-state index contributed by atoms with van der Waals surface area (Å²) < 4.78 is 5.30. The standard InChI is InChI=1S/C9H17NO/c1-8-6-9(7-8)10-2-4-11-5-3-10/h8-9H,2-7H2,1H3. The maximum Gasteiger partial charge on any atom is 0.0594 e. The molecule has 2 nitrogen and oxygen atoms in total. The molecule has 2 rings (SSSR count). The zero-order chi connectivity index (χ0) is 7.68. The van der Waals surface area contributed by atoms with Crippen LogP contribution >= 0.6 is 0 Å². The van der Waals surface area contributed by atoms with Crippen molar-refractivity contribution in [3.63, 3.8) is 0 Å². The van der Waals surface area contributed by atoms with E-state index in [1.165, 1.54) is 12.8 Å². The van der Waals surface area contributed by atoms with Crippen molar-refractivity contribution in [1.82, 2.24) is 4.90 Å². The Kier molecular flexibility index (Phi) is 2.14. The fourth-order valence-electron chi connectivity index (χ4n) is 2.10. The van der Waals surface area contributed by atoms with E-state index in [0.717, 1.165) is 38.3 Å². The maximum atomic E-state index is 5.30. The van der Waals surface area contributed by atoms with Gasteiger partial charge >= 0.3 is 0 Å². The van der Waals surface area contributed by atoms with Crippen LogP contribution in [0, 0.1) is 5.92 Å². The molecule has 0 amide bonds. The van der Waals surface area contributed by atoms with Crippen molar-refractivity contribution < 1.29 is 4.74 Å². The predicted octanol–water partition coefficient (Wildman–Crippen LogP) is 1.12. The van der Waals surface area contributed by atoms with Crippen molar-refractivity contribution in [2.45, 2.75) is 25.8 Å². The summed E-state index contributed by atoms with van der Waals surface area (Å²) in [4.78, 5) is 2.59. The smallest absolute Gasteiger partial charge is 0.0594 e. The molecule has 2 heteroatoms. The summed E-state index contributed by atoms with van der Waals surface area (Å²) >= 11 is 0. The second-order valence-electron chi connectivity index (χ2n) is 3.88. The van der Waals surface area contributed by atoms with Crippen LogP contribution in [-0.2, 0) is 4.74 Å². The molecule has 0 spiro atoms. The number of nitrogens with zero attached hydrogens (tertiary/aromatic N) is 1. The summed E-state index contributed by atoms with van der Waals surface area (Å²) in [6.07, 6.45) is 2.83. The fraction of sp³-hybridized carbons (Fsp3) is 1.00. The molecule has 64 valence electrons. The van der Waals surface area contributed by atoms with E-state index in [1.807, 2.05) is 0 Å². The topological polar surface area (TPSA) is 12.5 Å². The lowest BCUT2D eigenvalue weighted by atomic mass is 9.81. The SMILES string of the molecule is CC1CC(N2CCOCC2)C1. The van der Waals surface area contributed by atoms with Gasteiger partial charge < -0.3 is 4.74 Å². The van der Waals surface area contributed by atoms with Gasteiger partial charge in [0.2, 0.25) is 0 Å². The van der Waals surface area contributed by atoms with E-state index >= 15 is 0 Å². The Bertz CT molecular complexity index is 126. The first-order valence-electron chi connectivity index (χ1n) is 4.68. The van der Waals surface area contributed by atoms with Crippen molar-refractivity contribution in [1.29, 1.82) is 0 Å². The minimum Gasteiger partial charge on any atom is -0.379 e. The highest BCUT2D eigenvalue weighted by atomic mass is 16.5. The summed E-state index contributed by atoms with van der Waals surface area (Å²) in [5.41, 5.74) is 0. The van der Waals surface area contributed by atoms with E-state index in [9.17, 15) is 0 Å². The maximum absolute atomic E-state index is 5.30. The average Bonchev–Trinajstić information content (AvgIpc) is 2.01. The molecule has 0 atom stereocenters. The number of rotatable bonds is 1. The van der Waals surface area contributed by atoms with Crippen LogP contribution in [0.5, 0.6) is 0 Å². The summed E-state index contributed by atoms with van der Waals surface area (Å²) in [6, 6.07) is 0.897. The molecule has 1 saturated carbocycles. The summed E-state index contributed by atoms with van der Waals surface area (Å²) in [5, 5.41) is 0. The monoisotopic (exact) mass is 155 g/mol. The second-order valence-corrected chi connectivity index (χ2v) is 3.88. The minimum absolute atomic E-state index is 0.897. The third-order valence-corrected chi connectivity index (χ3v) is 2.91. The molecule has 0 aromatic heterocycles. The van der Waals surface area contributed by atoms with E-state index in [2.05, 4.69) is 11.8 Å². The van der Waals surface area contributed by atoms with Gasteiger partial charge in [0.05, 0.1) is 13.2 Å². The lowest BCUT2D eigenvalue weighted by Gasteiger charge is -2.43. The molecule has 1 aliphatic carbocycles. The largest absolute Gasteiger partial charge is 0.379 e. The molecule has 0 N–H and O–H groups in total. The van der Waals surface area contributed by atoms with Gasteiger partial charge in [0.1, 0.15) is 0 Å². The molecule has 0 aromatic rings. The first-order valence-corrected chi connectivity index (χ1v) is 4.68. The summed E-state index contributed by atoms with van der Waals surface area (Å²) in [7, 11) is 0. The van der Waals surface area contributed by atoms with Crippen LogP contribution in [0.1, 0.15) is 19.8 Å². The summed E-state index contributed by atoms with van der Waals surface area (Å²) in [6.45, 7) is 6.57. The van der Waals surface area contributed by atoms with Crippen LogP contribution in [-0.4, -0.2) is 37.2 Å². The van der Waals surface area contributed by atoms with Gasteiger partial charge in [-0.15, -0.1) is 0 Å². The van der Waals surface area contributed by atoms with Crippen LogP contribution in [0.4, 0.5) is 0 Å². The number of morpholine rings is 1. The average molecular weight is 155 g/mol. The lowest BCUT2D eigenvalue weighted by Crippen LogP contribution is -2.49. The fourth-order valence-corrected chi connectivity index (χ4v) is 2.10. The van der Waals surface area contributed by atoms with Crippen LogP contribution in [0.25, 0.3) is 0 Å². The molecule has 0 bridgehead atoms. The van der Waals surface area contributed by atoms with Crippen LogP contribution in [0.3, 0.4) is 0 Å². The van der Waals surface area contributed by atoms with Crippen molar-refractivity contribution in [2.24, 2.45) is 5.92 Å². The first kappa shape index (κ1) is 7.56. The molecular weight excluding hydrogens is 138 g/mol. The van der Waals surface area contributed by atoms with Crippen molar-refractivity contribution >= 4 is 0 Å². The van der Waals surface area contributed by atoms with Gasteiger partial charge in [-0.3, -0.25) is 4.90 Å². The highest BCUT2D eigenvalue weighted by molar-refractivity contribution is 4.85. The van der Waals surface area contributed by atoms with Gasteiger partial charge in [-0.05, 0) is 18.8 Å². The first-order chi connectivity index (χ1) is 5.36. The van der Waals surface area contributed by atoms with E-state index in [1.54, 1.807) is 0 Å². The van der Waals surface area contributed by atoms with Gasteiger partial charge in [-0.25, -0.2) is 0 Å². The summed E-state index contributed by atoms with van der Waals surface area (Å²) in [5.74, 6) is 0.975.